The van der Waals surface area contributed by atoms with E-state index >= 15 is 0 Å². The predicted octanol–water partition coefficient (Wildman–Crippen LogP) is 12.4. The van der Waals surface area contributed by atoms with Crippen LogP contribution < -0.4 is 0 Å². The fourth-order valence-electron chi connectivity index (χ4n) is 4.82. The summed E-state index contributed by atoms with van der Waals surface area (Å²) >= 11 is 0. The summed E-state index contributed by atoms with van der Waals surface area (Å²) in [6.07, 6.45) is 14.5. The summed E-state index contributed by atoms with van der Waals surface area (Å²) in [5.41, 5.74) is 1.38. The lowest BCUT2D eigenvalue weighted by atomic mass is 10.0. The summed E-state index contributed by atoms with van der Waals surface area (Å²) in [6, 6.07) is 4.14. The van der Waals surface area contributed by atoms with Gasteiger partial charge in [0.15, 0.2) is 0 Å². The monoisotopic (exact) mass is 724 g/mol. The van der Waals surface area contributed by atoms with E-state index in [2.05, 4.69) is 138 Å². The van der Waals surface area contributed by atoms with Crippen LogP contribution in [0.1, 0.15) is 161 Å². The number of unbranched alkanes of at least 4 members (excludes halogenated alkanes) is 1. The molecule has 0 atom stereocenters. The van der Waals surface area contributed by atoms with E-state index < -0.39 is 0 Å². The molecule has 1 aliphatic rings. The number of aliphatic hydroxyl groups is 1. The maximum absolute atomic E-state index is 8.14. The van der Waals surface area contributed by atoms with Gasteiger partial charge in [-0.05, 0) is 118 Å². The van der Waals surface area contributed by atoms with E-state index in [1.165, 1.54) is 63.6 Å². The van der Waals surface area contributed by atoms with Crippen LogP contribution >= 0.6 is 0 Å². The van der Waals surface area contributed by atoms with Crippen molar-refractivity contribution in [2.75, 3.05) is 60.1 Å². The van der Waals surface area contributed by atoms with Gasteiger partial charge in [0.1, 0.15) is 0 Å². The summed E-state index contributed by atoms with van der Waals surface area (Å²) < 4.78 is 5.26. The van der Waals surface area contributed by atoms with Crippen molar-refractivity contribution in [1.82, 2.24) is 14.8 Å². The van der Waals surface area contributed by atoms with Gasteiger partial charge in [-0.1, -0.05) is 136 Å². The molecule has 5 nitrogen and oxygen atoms in total. The van der Waals surface area contributed by atoms with Crippen molar-refractivity contribution in [2.24, 2.45) is 47.3 Å². The molecule has 1 N–H and O–H groups in total. The van der Waals surface area contributed by atoms with Crippen molar-refractivity contribution in [3.63, 3.8) is 0 Å². The van der Waals surface area contributed by atoms with Crippen LogP contribution in [0.5, 0.6) is 0 Å². The van der Waals surface area contributed by atoms with Crippen molar-refractivity contribution in [1.29, 1.82) is 0 Å². The molecule has 0 spiro atoms. The topological polar surface area (TPSA) is 48.8 Å². The van der Waals surface area contributed by atoms with Gasteiger partial charge < -0.3 is 14.7 Å². The molecule has 0 aliphatic carbocycles. The van der Waals surface area contributed by atoms with Crippen molar-refractivity contribution in [3.05, 3.63) is 30.1 Å². The van der Waals surface area contributed by atoms with E-state index in [1.807, 2.05) is 26.2 Å². The number of morpholine rings is 1. The summed E-state index contributed by atoms with van der Waals surface area (Å²) in [4.78, 5) is 8.66. The summed E-state index contributed by atoms with van der Waals surface area (Å²) in [6.45, 7) is 42.6. The lowest BCUT2D eigenvalue weighted by Gasteiger charge is -2.26. The molecule has 1 aromatic rings. The van der Waals surface area contributed by atoms with Crippen molar-refractivity contribution < 1.29 is 9.84 Å². The van der Waals surface area contributed by atoms with Gasteiger partial charge in [-0.25, -0.2) is 0 Å². The zero-order valence-corrected chi connectivity index (χ0v) is 38.2. The summed E-state index contributed by atoms with van der Waals surface area (Å²) in [7, 11) is 4.23. The first-order chi connectivity index (χ1) is 23.7. The van der Waals surface area contributed by atoms with Crippen LogP contribution in [0.25, 0.3) is 0 Å². The minimum Gasteiger partial charge on any atom is -0.396 e. The molecule has 1 aromatic heterocycles. The zero-order valence-electron chi connectivity index (χ0n) is 38.2. The second kappa shape index (κ2) is 40.2. The molecule has 0 aromatic carbocycles. The normalized spacial score (nSPS) is 13.0. The molecule has 2 heterocycles. The molecule has 308 valence electrons. The number of ether oxygens (including phenoxy) is 1. The Balaban J connectivity index is -0.000000264. The zero-order chi connectivity index (χ0) is 40.2. The van der Waals surface area contributed by atoms with Crippen molar-refractivity contribution in [2.45, 2.75) is 162 Å². The van der Waals surface area contributed by atoms with Crippen LogP contribution in [0, 0.1) is 47.3 Å². The highest BCUT2D eigenvalue weighted by Crippen LogP contribution is 2.12. The second-order valence-electron chi connectivity index (χ2n) is 18.2. The van der Waals surface area contributed by atoms with Gasteiger partial charge in [0.05, 0.1) is 13.2 Å². The predicted molar refractivity (Wildman–Crippen MR) is 232 cm³/mol. The lowest BCUT2D eigenvalue weighted by molar-refractivity contribution is 0.0360. The number of hydrogen-bond donors (Lipinski definition) is 1. The largest absolute Gasteiger partial charge is 0.396 e. The molecule has 0 unspecified atom stereocenters. The molecule has 51 heavy (non-hydrogen) atoms. The molecular weight excluding hydrogens is 627 g/mol. The van der Waals surface area contributed by atoms with Crippen molar-refractivity contribution >= 4 is 0 Å². The molecule has 1 fully saturated rings. The van der Waals surface area contributed by atoms with Crippen molar-refractivity contribution in [3.8, 4) is 0 Å². The number of hydrogen-bond acceptors (Lipinski definition) is 5. The number of aliphatic hydroxyl groups excluding tert-OH is 1. The third kappa shape index (κ3) is 61.4. The van der Waals surface area contributed by atoms with E-state index in [0.29, 0.717) is 12.5 Å². The Labute approximate surface area is 323 Å². The molecule has 1 saturated heterocycles. The van der Waals surface area contributed by atoms with E-state index in [0.717, 1.165) is 74.1 Å². The highest BCUT2D eigenvalue weighted by molar-refractivity contribution is 5.09. The van der Waals surface area contributed by atoms with Crippen LogP contribution in [0.3, 0.4) is 0 Å². The van der Waals surface area contributed by atoms with Gasteiger partial charge in [0, 0.05) is 32.1 Å². The standard InChI is InChI=1S/C10H22.C9H19NO.C9H13N.C7H17N.C7H16.C4H10O/c1-9(2)7-5-6-8-10(3)4;1-9(2)3-4-10-5-7-11-8-6-10;1-8(2)7-9-3-5-10-6-4-9;1-7(2)5-6-8(3)4;1-6(2)5-7(3)4;1-4(2)3-5/h9-10H,5-8H2,1-4H3;9H,3-8H2,1-2H3;3-6,8H,7H2,1-2H3;7H,5-6H2,1-4H3;6-7H,5H2,1-4H3;4-5H,3H2,1-2H3. The van der Waals surface area contributed by atoms with Crippen LogP contribution in [0.2, 0.25) is 0 Å². The number of nitrogens with zero attached hydrogens (tertiary/aromatic N) is 3. The van der Waals surface area contributed by atoms with Crippen LogP contribution in [-0.2, 0) is 11.2 Å². The molecule has 1 aliphatic heterocycles. The molecule has 0 bridgehead atoms. The van der Waals surface area contributed by atoms with Crippen LogP contribution in [-0.4, -0.2) is 80.0 Å². The lowest BCUT2D eigenvalue weighted by Crippen LogP contribution is -2.37. The molecule has 0 saturated carbocycles. The third-order valence-electron chi connectivity index (χ3n) is 7.79. The van der Waals surface area contributed by atoms with Gasteiger partial charge in [-0.3, -0.25) is 9.88 Å². The Morgan fingerprint density at radius 1 is 0.608 bits per heavy atom. The minimum absolute atomic E-state index is 0.306. The molecule has 0 amide bonds. The third-order valence-corrected chi connectivity index (χ3v) is 7.79. The van der Waals surface area contributed by atoms with Gasteiger partial charge >= 0.3 is 0 Å². The highest BCUT2D eigenvalue weighted by Gasteiger charge is 2.09. The first kappa shape index (κ1) is 56.7. The van der Waals surface area contributed by atoms with E-state index in [1.54, 1.807) is 0 Å². The van der Waals surface area contributed by atoms with Gasteiger partial charge in [0.2, 0.25) is 0 Å². The fourth-order valence-corrected chi connectivity index (χ4v) is 4.82. The fraction of sp³-hybridized carbons (Fsp3) is 0.891. The van der Waals surface area contributed by atoms with E-state index in [9.17, 15) is 0 Å². The summed E-state index contributed by atoms with van der Waals surface area (Å²) in [5.74, 6) is 6.40. The van der Waals surface area contributed by atoms with Gasteiger partial charge in [0.25, 0.3) is 0 Å². The maximum atomic E-state index is 8.14. The Bertz CT molecular complexity index is 731. The van der Waals surface area contributed by atoms with Crippen LogP contribution in [0.15, 0.2) is 24.5 Å². The smallest absolute Gasteiger partial charge is 0.0594 e. The number of pyridine rings is 1. The molecule has 0 radical (unpaired) electrons. The average Bonchev–Trinajstić information content (AvgIpc) is 3.02. The van der Waals surface area contributed by atoms with Gasteiger partial charge in [-0.15, -0.1) is 0 Å². The Hall–Kier alpha value is -1.01. The second-order valence-corrected chi connectivity index (χ2v) is 18.2. The maximum Gasteiger partial charge on any atom is 0.0594 e. The molecule has 5 heteroatoms. The summed E-state index contributed by atoms with van der Waals surface area (Å²) in [5, 5.41) is 8.14. The minimum atomic E-state index is 0.306. The number of aromatic nitrogens is 1. The first-order valence-electron chi connectivity index (χ1n) is 21.2. The molecular formula is C46H97N3O2. The Kier molecular flexibility index (Phi) is 44.7. The quantitative estimate of drug-likeness (QED) is 0.172. The number of rotatable bonds is 16. The first-order valence-corrected chi connectivity index (χ1v) is 21.2. The Morgan fingerprint density at radius 3 is 1.29 bits per heavy atom. The average molecular weight is 724 g/mol. The van der Waals surface area contributed by atoms with E-state index in [-0.39, 0.29) is 0 Å². The highest BCUT2D eigenvalue weighted by atomic mass is 16.5. The van der Waals surface area contributed by atoms with E-state index in [4.69, 9.17) is 9.84 Å². The SMILES string of the molecule is CC(C)CC(C)C.CC(C)CCCCC(C)C.CC(C)CCN(C)C.CC(C)CCN1CCOCC1.CC(C)CO.CC(C)Cc1ccncc1. The molecule has 2 rings (SSSR count). The van der Waals surface area contributed by atoms with Gasteiger partial charge in [-0.2, -0.15) is 0 Å². The van der Waals surface area contributed by atoms with Crippen LogP contribution in [0.4, 0.5) is 0 Å². The Morgan fingerprint density at radius 2 is 1.02 bits per heavy atom.